The van der Waals surface area contributed by atoms with Crippen LogP contribution in [0.5, 0.6) is 5.75 Å². The Morgan fingerprint density at radius 1 is 1.14 bits per heavy atom. The van der Waals surface area contributed by atoms with E-state index in [0.717, 1.165) is 41.7 Å². The lowest BCUT2D eigenvalue weighted by Gasteiger charge is -2.29. The van der Waals surface area contributed by atoms with Crippen molar-refractivity contribution in [2.24, 2.45) is 5.92 Å². The molecule has 198 valence electrons. The lowest BCUT2D eigenvalue weighted by atomic mass is 9.94. The quantitative estimate of drug-likeness (QED) is 0.261. The van der Waals surface area contributed by atoms with Gasteiger partial charge in [-0.25, -0.2) is 0 Å². The lowest BCUT2D eigenvalue weighted by Crippen LogP contribution is -2.38. The number of benzene rings is 2. The molecule has 2 aliphatic rings. The van der Waals surface area contributed by atoms with Gasteiger partial charge in [0.15, 0.2) is 0 Å². The molecule has 0 unspecified atom stereocenters. The highest BCUT2D eigenvalue weighted by Crippen LogP contribution is 2.40. The number of carbonyl (C=O) groups is 2. The second-order valence-corrected chi connectivity index (χ2v) is 11.0. The number of amides is 1. The van der Waals surface area contributed by atoms with Gasteiger partial charge >= 0.3 is 0 Å². The van der Waals surface area contributed by atoms with Crippen molar-refractivity contribution >= 4 is 33.4 Å². The Balaban J connectivity index is 1.66. The fraction of sp³-hybridized carbons (Fsp3) is 0.448. The summed E-state index contributed by atoms with van der Waals surface area (Å²) >= 11 is 3.51. The Kier molecular flexibility index (Phi) is 9.05. The van der Waals surface area contributed by atoms with Crippen LogP contribution in [0.25, 0.3) is 5.76 Å². The first-order valence-electron chi connectivity index (χ1n) is 12.8. The summed E-state index contributed by atoms with van der Waals surface area (Å²) in [6.07, 6.45) is 0.721. The molecule has 0 spiro atoms. The summed E-state index contributed by atoms with van der Waals surface area (Å²) in [7, 11) is 0. The SMILES string of the molecule is Cc1cc(OCC(C)C)ccc1C(O)=C1C(=O)C(=O)N(CCCN2CCOCC2)[C@H]1c1cccc(Br)c1. The molecule has 0 saturated carbocycles. The number of ketones is 1. The van der Waals surface area contributed by atoms with Crippen LogP contribution in [0.3, 0.4) is 0 Å². The molecule has 37 heavy (non-hydrogen) atoms. The number of hydrogen-bond donors (Lipinski definition) is 1. The Morgan fingerprint density at radius 3 is 2.57 bits per heavy atom. The third-order valence-corrected chi connectivity index (χ3v) is 7.21. The number of likely N-dealkylation sites (tertiary alicyclic amines) is 1. The largest absolute Gasteiger partial charge is 0.507 e. The van der Waals surface area contributed by atoms with E-state index in [0.29, 0.717) is 43.6 Å². The smallest absolute Gasteiger partial charge is 0.295 e. The molecule has 4 rings (SSSR count). The van der Waals surface area contributed by atoms with Crippen LogP contribution in [0.1, 0.15) is 43.0 Å². The maximum Gasteiger partial charge on any atom is 0.295 e. The third kappa shape index (κ3) is 6.43. The molecule has 0 aliphatic carbocycles. The summed E-state index contributed by atoms with van der Waals surface area (Å²) in [5.41, 5.74) is 2.18. The molecule has 2 heterocycles. The number of aliphatic hydroxyl groups excluding tert-OH is 1. The predicted molar refractivity (Wildman–Crippen MR) is 147 cm³/mol. The predicted octanol–water partition coefficient (Wildman–Crippen LogP) is 4.94. The monoisotopic (exact) mass is 570 g/mol. The van der Waals surface area contributed by atoms with Gasteiger partial charge in [0.1, 0.15) is 11.5 Å². The second kappa shape index (κ2) is 12.2. The molecule has 2 fully saturated rings. The number of hydrogen-bond acceptors (Lipinski definition) is 6. The zero-order valence-electron chi connectivity index (χ0n) is 21.7. The normalized spacial score (nSPS) is 20.1. The molecule has 2 aromatic carbocycles. The summed E-state index contributed by atoms with van der Waals surface area (Å²) < 4.78 is 12.1. The number of carbonyl (C=O) groups excluding carboxylic acids is 2. The highest BCUT2D eigenvalue weighted by Gasteiger charge is 2.46. The number of nitrogens with zero attached hydrogens (tertiary/aromatic N) is 2. The minimum absolute atomic E-state index is 0.119. The van der Waals surface area contributed by atoms with E-state index in [1.54, 1.807) is 17.0 Å². The number of Topliss-reactive ketones (excluding diaryl/α,β-unsaturated/α-hetero) is 1. The first-order valence-corrected chi connectivity index (χ1v) is 13.6. The standard InChI is InChI=1S/C29H35BrN2O5/c1-19(2)18-37-23-8-9-24(20(3)16-23)27(33)25-26(21-6-4-7-22(30)17-21)32(29(35)28(25)34)11-5-10-31-12-14-36-15-13-31/h4,6-9,16-17,19,26,33H,5,10-15,18H2,1-3H3/t26-/m0/s1. The average Bonchev–Trinajstić information content (AvgIpc) is 3.13. The summed E-state index contributed by atoms with van der Waals surface area (Å²) in [5, 5.41) is 11.5. The maximum atomic E-state index is 13.3. The highest BCUT2D eigenvalue weighted by molar-refractivity contribution is 9.10. The number of morpholine rings is 1. The van der Waals surface area contributed by atoms with Crippen LogP contribution in [0, 0.1) is 12.8 Å². The van der Waals surface area contributed by atoms with Gasteiger partial charge < -0.3 is 19.5 Å². The van der Waals surface area contributed by atoms with Crippen LogP contribution in [0.4, 0.5) is 0 Å². The Labute approximate surface area is 227 Å². The molecular weight excluding hydrogens is 536 g/mol. The van der Waals surface area contributed by atoms with Crippen molar-refractivity contribution in [3.63, 3.8) is 0 Å². The molecule has 2 saturated heterocycles. The van der Waals surface area contributed by atoms with Crippen molar-refractivity contribution < 1.29 is 24.2 Å². The number of halogens is 1. The van der Waals surface area contributed by atoms with Gasteiger partial charge in [-0.05, 0) is 60.7 Å². The van der Waals surface area contributed by atoms with Crippen molar-refractivity contribution in [3.05, 3.63) is 69.2 Å². The van der Waals surface area contributed by atoms with Crippen molar-refractivity contribution in [2.45, 2.75) is 33.2 Å². The minimum atomic E-state index is -0.668. The van der Waals surface area contributed by atoms with Crippen molar-refractivity contribution in [1.29, 1.82) is 0 Å². The van der Waals surface area contributed by atoms with Gasteiger partial charge in [0, 0.05) is 36.2 Å². The van der Waals surface area contributed by atoms with Crippen LogP contribution < -0.4 is 4.74 Å². The topological polar surface area (TPSA) is 79.3 Å². The zero-order valence-corrected chi connectivity index (χ0v) is 23.3. The Hall–Kier alpha value is -2.68. The van der Waals surface area contributed by atoms with E-state index in [-0.39, 0.29) is 11.3 Å². The molecule has 0 radical (unpaired) electrons. The minimum Gasteiger partial charge on any atom is -0.507 e. The van der Waals surface area contributed by atoms with Crippen LogP contribution in [-0.4, -0.2) is 72.6 Å². The first kappa shape index (κ1) is 27.4. The van der Waals surface area contributed by atoms with Crippen LogP contribution in [0.2, 0.25) is 0 Å². The van der Waals surface area contributed by atoms with Gasteiger partial charge in [-0.3, -0.25) is 14.5 Å². The van der Waals surface area contributed by atoms with Gasteiger partial charge in [-0.15, -0.1) is 0 Å². The molecular formula is C29H35BrN2O5. The van der Waals surface area contributed by atoms with E-state index in [4.69, 9.17) is 9.47 Å². The summed E-state index contributed by atoms with van der Waals surface area (Å²) in [6.45, 7) is 11.0. The van der Waals surface area contributed by atoms with Gasteiger partial charge in [0.25, 0.3) is 11.7 Å². The number of rotatable bonds is 9. The van der Waals surface area contributed by atoms with Crippen LogP contribution >= 0.6 is 15.9 Å². The Bertz CT molecular complexity index is 1170. The fourth-order valence-electron chi connectivity index (χ4n) is 4.82. The molecule has 2 aromatic rings. The van der Waals surface area contributed by atoms with Crippen LogP contribution in [0.15, 0.2) is 52.5 Å². The lowest BCUT2D eigenvalue weighted by molar-refractivity contribution is -0.140. The van der Waals surface area contributed by atoms with Gasteiger partial charge in [-0.1, -0.05) is 41.9 Å². The van der Waals surface area contributed by atoms with E-state index in [9.17, 15) is 14.7 Å². The molecule has 8 heteroatoms. The van der Waals surface area contributed by atoms with Gasteiger partial charge in [0.05, 0.1) is 31.4 Å². The molecule has 1 amide bonds. The number of aryl methyl sites for hydroxylation is 1. The summed E-state index contributed by atoms with van der Waals surface area (Å²) in [6, 6.07) is 12.3. The van der Waals surface area contributed by atoms with E-state index < -0.39 is 17.7 Å². The zero-order chi connectivity index (χ0) is 26.5. The second-order valence-electron chi connectivity index (χ2n) is 10.0. The summed E-state index contributed by atoms with van der Waals surface area (Å²) in [4.78, 5) is 30.5. The van der Waals surface area contributed by atoms with Gasteiger partial charge in [-0.2, -0.15) is 0 Å². The molecule has 1 N–H and O–H groups in total. The van der Waals surface area contributed by atoms with Gasteiger partial charge in [0.2, 0.25) is 0 Å². The molecule has 0 aromatic heterocycles. The van der Waals surface area contributed by atoms with Crippen LogP contribution in [-0.2, 0) is 14.3 Å². The van der Waals surface area contributed by atoms with E-state index in [1.807, 2.05) is 37.3 Å². The fourth-order valence-corrected chi connectivity index (χ4v) is 5.24. The molecule has 1 atom stereocenters. The third-order valence-electron chi connectivity index (χ3n) is 6.72. The maximum absolute atomic E-state index is 13.3. The average molecular weight is 572 g/mol. The van der Waals surface area contributed by atoms with Crippen molar-refractivity contribution in [2.75, 3.05) is 46.0 Å². The van der Waals surface area contributed by atoms with E-state index in [1.165, 1.54) is 0 Å². The first-order chi connectivity index (χ1) is 17.8. The number of ether oxygens (including phenoxy) is 2. The van der Waals surface area contributed by atoms with Crippen molar-refractivity contribution in [3.8, 4) is 5.75 Å². The van der Waals surface area contributed by atoms with E-state index in [2.05, 4.69) is 34.7 Å². The summed E-state index contributed by atoms with van der Waals surface area (Å²) in [5.74, 6) is -0.309. The molecule has 7 nitrogen and oxygen atoms in total. The van der Waals surface area contributed by atoms with Crippen molar-refractivity contribution in [1.82, 2.24) is 9.80 Å². The Morgan fingerprint density at radius 2 is 1.89 bits per heavy atom. The molecule has 0 bridgehead atoms. The molecule has 2 aliphatic heterocycles. The van der Waals surface area contributed by atoms with E-state index >= 15 is 0 Å². The highest BCUT2D eigenvalue weighted by atomic mass is 79.9. The number of aliphatic hydroxyl groups is 1.